The summed E-state index contributed by atoms with van der Waals surface area (Å²) in [6.07, 6.45) is 6.43. The predicted molar refractivity (Wildman–Crippen MR) is 129 cm³/mol. The van der Waals surface area contributed by atoms with E-state index in [2.05, 4.69) is 25.6 Å². The van der Waals surface area contributed by atoms with Crippen LogP contribution in [0.3, 0.4) is 0 Å². The maximum Gasteiger partial charge on any atom is 0.328 e. The van der Waals surface area contributed by atoms with E-state index >= 15 is 0 Å². The van der Waals surface area contributed by atoms with Crippen LogP contribution < -0.4 is 10.6 Å². The Kier molecular flexibility index (Phi) is 7.47. The lowest BCUT2D eigenvalue weighted by Gasteiger charge is -2.22. The van der Waals surface area contributed by atoms with Gasteiger partial charge in [-0.2, -0.15) is 0 Å². The van der Waals surface area contributed by atoms with Gasteiger partial charge in [0.25, 0.3) is 5.91 Å². The van der Waals surface area contributed by atoms with Gasteiger partial charge in [0.2, 0.25) is 5.91 Å². The van der Waals surface area contributed by atoms with Gasteiger partial charge in [0.05, 0.1) is 13.3 Å². The summed E-state index contributed by atoms with van der Waals surface area (Å²) in [5.74, 6) is -1.64. The zero-order valence-corrected chi connectivity index (χ0v) is 19.1. The Hall–Kier alpha value is -4.53. The van der Waals surface area contributed by atoms with Gasteiger partial charge in [0, 0.05) is 42.3 Å². The molecule has 0 aliphatic heterocycles. The number of aromatic nitrogens is 3. The highest BCUT2D eigenvalue weighted by molar-refractivity contribution is 5.97. The first-order valence-electron chi connectivity index (χ1n) is 11.1. The minimum atomic E-state index is -0.980. The third kappa shape index (κ3) is 5.89. The number of benzene rings is 2. The number of fused-ring (bicyclic) bond motifs is 1. The molecule has 9 nitrogen and oxygen atoms in total. The van der Waals surface area contributed by atoms with E-state index < -0.39 is 29.9 Å². The molecular formula is C26H25N5O4. The average Bonchev–Trinajstić information content (AvgIpc) is 3.31. The number of para-hydroxylation sites is 1. The molecule has 0 saturated heterocycles. The number of amides is 2. The molecule has 2 amide bonds. The quantitative estimate of drug-likeness (QED) is 0.321. The molecule has 178 valence electrons. The number of aromatic amines is 1. The van der Waals surface area contributed by atoms with Gasteiger partial charge in [-0.05, 0) is 17.2 Å². The number of H-pyrrole nitrogens is 1. The molecule has 2 heterocycles. The van der Waals surface area contributed by atoms with Gasteiger partial charge in [-0.3, -0.25) is 14.6 Å². The van der Waals surface area contributed by atoms with Gasteiger partial charge in [-0.15, -0.1) is 0 Å². The van der Waals surface area contributed by atoms with Crippen LogP contribution in [-0.4, -0.2) is 51.9 Å². The van der Waals surface area contributed by atoms with Gasteiger partial charge in [0.15, 0.2) is 0 Å². The molecule has 35 heavy (non-hydrogen) atoms. The van der Waals surface area contributed by atoms with Crippen molar-refractivity contribution in [2.24, 2.45) is 0 Å². The van der Waals surface area contributed by atoms with Crippen molar-refractivity contribution in [3.8, 4) is 0 Å². The summed E-state index contributed by atoms with van der Waals surface area (Å²) in [5.41, 5.74) is 2.70. The largest absolute Gasteiger partial charge is 0.467 e. The number of esters is 1. The normalized spacial score (nSPS) is 12.5. The minimum absolute atomic E-state index is 0.0815. The van der Waals surface area contributed by atoms with Gasteiger partial charge in [-0.1, -0.05) is 48.5 Å². The summed E-state index contributed by atoms with van der Waals surface area (Å²) < 4.78 is 4.91. The van der Waals surface area contributed by atoms with Crippen molar-refractivity contribution < 1.29 is 19.1 Å². The van der Waals surface area contributed by atoms with Crippen LogP contribution >= 0.6 is 0 Å². The standard InChI is InChI=1S/C26H25N5O4/c1-35-26(34)22(13-17-7-3-2-4-8-17)31-24(32)21(30-25(33)23-16-27-11-12-28-23)14-18-15-29-20-10-6-5-9-19(18)20/h2-12,15-16,21-22,29H,13-14H2,1H3,(H,30,33)(H,31,32)/t21-,22-/m0/s1. The molecule has 0 unspecified atom stereocenters. The fourth-order valence-electron chi connectivity index (χ4n) is 3.84. The molecule has 3 N–H and O–H groups in total. The Labute approximate surface area is 201 Å². The Balaban J connectivity index is 1.58. The lowest BCUT2D eigenvalue weighted by atomic mass is 10.0. The fraction of sp³-hybridized carbons (Fsp3) is 0.192. The summed E-state index contributed by atoms with van der Waals surface area (Å²) in [6, 6.07) is 15.1. The molecular weight excluding hydrogens is 446 g/mol. The van der Waals surface area contributed by atoms with E-state index in [1.165, 1.54) is 25.7 Å². The van der Waals surface area contributed by atoms with E-state index in [-0.39, 0.29) is 18.5 Å². The van der Waals surface area contributed by atoms with E-state index in [4.69, 9.17) is 4.74 Å². The number of carbonyl (C=O) groups is 3. The molecule has 2 atom stereocenters. The van der Waals surface area contributed by atoms with Gasteiger partial charge in [0.1, 0.15) is 17.8 Å². The van der Waals surface area contributed by atoms with Crippen LogP contribution in [0.2, 0.25) is 0 Å². The molecule has 0 aliphatic carbocycles. The molecule has 4 rings (SSSR count). The monoisotopic (exact) mass is 471 g/mol. The number of carbonyl (C=O) groups excluding carboxylic acids is 3. The molecule has 0 fully saturated rings. The highest BCUT2D eigenvalue weighted by atomic mass is 16.5. The Morgan fingerprint density at radius 1 is 0.943 bits per heavy atom. The third-order valence-electron chi connectivity index (χ3n) is 5.60. The Morgan fingerprint density at radius 3 is 2.46 bits per heavy atom. The van der Waals surface area contributed by atoms with Crippen LogP contribution in [0.1, 0.15) is 21.6 Å². The van der Waals surface area contributed by atoms with E-state index in [1.807, 2.05) is 54.6 Å². The molecule has 0 radical (unpaired) electrons. The number of ether oxygens (including phenoxy) is 1. The summed E-state index contributed by atoms with van der Waals surface area (Å²) in [5, 5.41) is 6.44. The molecule has 4 aromatic rings. The van der Waals surface area contributed by atoms with Gasteiger partial charge >= 0.3 is 5.97 Å². The van der Waals surface area contributed by atoms with Gasteiger partial charge in [-0.25, -0.2) is 9.78 Å². The molecule has 2 aromatic carbocycles. The first-order chi connectivity index (χ1) is 17.0. The van der Waals surface area contributed by atoms with E-state index in [0.717, 1.165) is 22.0 Å². The number of methoxy groups -OCH3 is 1. The van der Waals surface area contributed by atoms with Crippen molar-refractivity contribution in [3.05, 3.63) is 96.2 Å². The van der Waals surface area contributed by atoms with Crippen molar-refractivity contribution >= 4 is 28.7 Å². The number of rotatable bonds is 9. The lowest BCUT2D eigenvalue weighted by molar-refractivity contribution is -0.145. The molecule has 0 spiro atoms. The minimum Gasteiger partial charge on any atom is -0.467 e. The zero-order chi connectivity index (χ0) is 24.6. The number of nitrogens with zero attached hydrogens (tertiary/aromatic N) is 2. The number of hydrogen-bond acceptors (Lipinski definition) is 6. The van der Waals surface area contributed by atoms with Crippen molar-refractivity contribution in [1.82, 2.24) is 25.6 Å². The number of nitrogens with one attached hydrogen (secondary N) is 3. The second-order valence-electron chi connectivity index (χ2n) is 7.95. The van der Waals surface area contributed by atoms with Crippen LogP contribution in [0.4, 0.5) is 0 Å². The third-order valence-corrected chi connectivity index (χ3v) is 5.60. The predicted octanol–water partition coefficient (Wildman–Crippen LogP) is 2.20. The second kappa shape index (κ2) is 11.1. The molecule has 9 heteroatoms. The molecule has 0 saturated carbocycles. The second-order valence-corrected chi connectivity index (χ2v) is 7.95. The van der Waals surface area contributed by atoms with Gasteiger partial charge < -0.3 is 20.4 Å². The topological polar surface area (TPSA) is 126 Å². The SMILES string of the molecule is COC(=O)[C@H](Cc1ccccc1)NC(=O)[C@H](Cc1c[nH]c2ccccc12)NC(=O)c1cnccn1. The molecule has 0 bridgehead atoms. The van der Waals surface area contributed by atoms with Crippen LogP contribution in [0.5, 0.6) is 0 Å². The maximum absolute atomic E-state index is 13.4. The van der Waals surface area contributed by atoms with Crippen LogP contribution in [-0.2, 0) is 27.2 Å². The summed E-state index contributed by atoms with van der Waals surface area (Å²) in [6.45, 7) is 0. The molecule has 0 aliphatic rings. The smallest absolute Gasteiger partial charge is 0.328 e. The average molecular weight is 472 g/mol. The lowest BCUT2D eigenvalue weighted by Crippen LogP contribution is -2.53. The fourth-order valence-corrected chi connectivity index (χ4v) is 3.84. The van der Waals surface area contributed by atoms with E-state index in [0.29, 0.717) is 0 Å². The van der Waals surface area contributed by atoms with Crippen LogP contribution in [0, 0.1) is 0 Å². The first kappa shape index (κ1) is 23.6. The Morgan fingerprint density at radius 2 is 1.71 bits per heavy atom. The van der Waals surface area contributed by atoms with E-state index in [1.54, 1.807) is 6.20 Å². The maximum atomic E-state index is 13.4. The highest BCUT2D eigenvalue weighted by Crippen LogP contribution is 2.19. The molecule has 2 aromatic heterocycles. The summed E-state index contributed by atoms with van der Waals surface area (Å²) in [7, 11) is 1.27. The first-order valence-corrected chi connectivity index (χ1v) is 11.1. The zero-order valence-electron chi connectivity index (χ0n) is 19.1. The summed E-state index contributed by atoms with van der Waals surface area (Å²) >= 11 is 0. The van der Waals surface area contributed by atoms with Crippen LogP contribution in [0.25, 0.3) is 10.9 Å². The highest BCUT2D eigenvalue weighted by Gasteiger charge is 2.29. The van der Waals surface area contributed by atoms with Crippen molar-refractivity contribution in [2.75, 3.05) is 7.11 Å². The Bertz CT molecular complexity index is 1310. The van der Waals surface area contributed by atoms with Crippen LogP contribution in [0.15, 0.2) is 79.4 Å². The number of hydrogen-bond donors (Lipinski definition) is 3. The summed E-state index contributed by atoms with van der Waals surface area (Å²) in [4.78, 5) is 49.8. The van der Waals surface area contributed by atoms with Crippen molar-refractivity contribution in [2.45, 2.75) is 24.9 Å². The van der Waals surface area contributed by atoms with Crippen molar-refractivity contribution in [1.29, 1.82) is 0 Å². The van der Waals surface area contributed by atoms with E-state index in [9.17, 15) is 14.4 Å². The van der Waals surface area contributed by atoms with Crippen molar-refractivity contribution in [3.63, 3.8) is 0 Å².